The Kier molecular flexibility index (Phi) is 5.88. The molecule has 2 N–H and O–H groups in total. The van der Waals surface area contributed by atoms with E-state index in [0.29, 0.717) is 13.0 Å². The lowest BCUT2D eigenvalue weighted by atomic mass is 10.4. The number of aromatic nitrogens is 1. The monoisotopic (exact) mass is 240 g/mol. The van der Waals surface area contributed by atoms with Crippen molar-refractivity contribution in [3.05, 3.63) is 24.4 Å². The molecular formula is C11H16N2O2S. The average Bonchev–Trinajstić information content (AvgIpc) is 2.30. The van der Waals surface area contributed by atoms with Crippen LogP contribution in [-0.4, -0.2) is 34.4 Å². The summed E-state index contributed by atoms with van der Waals surface area (Å²) in [4.78, 5) is 15.7. The van der Waals surface area contributed by atoms with Crippen LogP contribution in [-0.2, 0) is 4.79 Å². The van der Waals surface area contributed by atoms with Crippen LogP contribution in [0.4, 0.5) is 0 Å². The van der Waals surface area contributed by atoms with Gasteiger partial charge in [0, 0.05) is 19.3 Å². The lowest BCUT2D eigenvalue weighted by Gasteiger charge is -2.10. The molecule has 0 radical (unpaired) electrons. The van der Waals surface area contributed by atoms with Gasteiger partial charge in [0.1, 0.15) is 0 Å². The van der Waals surface area contributed by atoms with Crippen molar-refractivity contribution in [2.24, 2.45) is 0 Å². The predicted octanol–water partition coefficient (Wildman–Crippen LogP) is 1.06. The third kappa shape index (κ3) is 4.63. The molecule has 88 valence electrons. The first-order valence-electron chi connectivity index (χ1n) is 5.20. The molecule has 5 heteroatoms. The molecule has 1 heterocycles. The Labute approximate surface area is 99.5 Å². The molecule has 0 aliphatic heterocycles. The zero-order valence-electron chi connectivity index (χ0n) is 9.22. The SMILES string of the molecule is CC(Sc1ccccn1)C(=O)NCCCO. The number of carbonyl (C=O) groups is 1. The summed E-state index contributed by atoms with van der Waals surface area (Å²) in [5, 5.41) is 12.0. The minimum Gasteiger partial charge on any atom is -0.396 e. The van der Waals surface area contributed by atoms with E-state index in [1.54, 1.807) is 6.20 Å². The van der Waals surface area contributed by atoms with E-state index in [2.05, 4.69) is 10.3 Å². The summed E-state index contributed by atoms with van der Waals surface area (Å²) in [5.41, 5.74) is 0. The standard InChI is InChI=1S/C11H16N2O2S/c1-9(11(15)13-7-4-8-14)16-10-5-2-3-6-12-10/h2-3,5-6,9,14H,4,7-8H2,1H3,(H,13,15). The number of aliphatic hydroxyl groups is 1. The highest BCUT2D eigenvalue weighted by molar-refractivity contribution is 8.00. The van der Waals surface area contributed by atoms with E-state index >= 15 is 0 Å². The predicted molar refractivity (Wildman–Crippen MR) is 64.3 cm³/mol. The normalized spacial score (nSPS) is 12.1. The topological polar surface area (TPSA) is 62.2 Å². The highest BCUT2D eigenvalue weighted by Crippen LogP contribution is 2.20. The molecule has 16 heavy (non-hydrogen) atoms. The highest BCUT2D eigenvalue weighted by atomic mass is 32.2. The molecule has 1 aromatic heterocycles. The van der Waals surface area contributed by atoms with Crippen molar-refractivity contribution < 1.29 is 9.90 Å². The van der Waals surface area contributed by atoms with Crippen molar-refractivity contribution in [3.63, 3.8) is 0 Å². The van der Waals surface area contributed by atoms with Crippen LogP contribution in [0.3, 0.4) is 0 Å². The Hall–Kier alpha value is -1.07. The van der Waals surface area contributed by atoms with Crippen LogP contribution in [0.5, 0.6) is 0 Å². The van der Waals surface area contributed by atoms with Gasteiger partial charge in [-0.05, 0) is 25.5 Å². The van der Waals surface area contributed by atoms with Crippen LogP contribution in [0.25, 0.3) is 0 Å². The highest BCUT2D eigenvalue weighted by Gasteiger charge is 2.13. The number of hydrogen-bond acceptors (Lipinski definition) is 4. The van der Waals surface area contributed by atoms with Crippen LogP contribution in [0.1, 0.15) is 13.3 Å². The van der Waals surface area contributed by atoms with E-state index in [4.69, 9.17) is 5.11 Å². The van der Waals surface area contributed by atoms with Gasteiger partial charge in [0.25, 0.3) is 0 Å². The molecule has 0 saturated heterocycles. The van der Waals surface area contributed by atoms with E-state index in [0.717, 1.165) is 5.03 Å². The Balaban J connectivity index is 2.34. The van der Waals surface area contributed by atoms with Gasteiger partial charge in [-0.1, -0.05) is 17.8 Å². The third-order valence-electron chi connectivity index (χ3n) is 1.94. The van der Waals surface area contributed by atoms with Gasteiger partial charge in [-0.15, -0.1) is 0 Å². The average molecular weight is 240 g/mol. The number of nitrogens with one attached hydrogen (secondary N) is 1. The largest absolute Gasteiger partial charge is 0.396 e. The van der Waals surface area contributed by atoms with Gasteiger partial charge in [0.05, 0.1) is 10.3 Å². The van der Waals surface area contributed by atoms with Crippen molar-refractivity contribution >= 4 is 17.7 Å². The van der Waals surface area contributed by atoms with Crippen molar-refractivity contribution in [1.82, 2.24) is 10.3 Å². The van der Waals surface area contributed by atoms with Crippen LogP contribution < -0.4 is 5.32 Å². The Morgan fingerprint density at radius 1 is 1.62 bits per heavy atom. The van der Waals surface area contributed by atoms with E-state index in [1.165, 1.54) is 11.8 Å². The number of amides is 1. The fourth-order valence-electron chi connectivity index (χ4n) is 1.09. The molecule has 0 fully saturated rings. The van der Waals surface area contributed by atoms with Crippen molar-refractivity contribution in [2.75, 3.05) is 13.2 Å². The van der Waals surface area contributed by atoms with E-state index < -0.39 is 0 Å². The van der Waals surface area contributed by atoms with Crippen LogP contribution in [0.15, 0.2) is 29.4 Å². The van der Waals surface area contributed by atoms with Crippen LogP contribution >= 0.6 is 11.8 Å². The maximum Gasteiger partial charge on any atom is 0.233 e. The molecule has 1 amide bonds. The molecular weight excluding hydrogens is 224 g/mol. The van der Waals surface area contributed by atoms with Gasteiger partial charge in [-0.3, -0.25) is 4.79 Å². The lowest BCUT2D eigenvalue weighted by molar-refractivity contribution is -0.120. The molecule has 0 aliphatic carbocycles. The lowest BCUT2D eigenvalue weighted by Crippen LogP contribution is -2.32. The first-order chi connectivity index (χ1) is 7.74. The summed E-state index contributed by atoms with van der Waals surface area (Å²) in [6, 6.07) is 5.62. The molecule has 1 aromatic rings. The second-order valence-electron chi connectivity index (χ2n) is 3.30. The minimum atomic E-state index is -0.173. The molecule has 1 rings (SSSR count). The van der Waals surface area contributed by atoms with E-state index in [9.17, 15) is 4.79 Å². The van der Waals surface area contributed by atoms with Gasteiger partial charge in [0.2, 0.25) is 5.91 Å². The van der Waals surface area contributed by atoms with Crippen molar-refractivity contribution in [2.45, 2.75) is 23.6 Å². The van der Waals surface area contributed by atoms with Crippen molar-refractivity contribution in [1.29, 1.82) is 0 Å². The molecule has 4 nitrogen and oxygen atoms in total. The van der Waals surface area contributed by atoms with Crippen LogP contribution in [0, 0.1) is 0 Å². The second kappa shape index (κ2) is 7.24. The first kappa shape index (κ1) is 13.0. The number of thioether (sulfide) groups is 1. The summed E-state index contributed by atoms with van der Waals surface area (Å²) in [6.45, 7) is 2.46. The number of hydrogen-bond donors (Lipinski definition) is 2. The first-order valence-corrected chi connectivity index (χ1v) is 6.08. The molecule has 0 aromatic carbocycles. The number of rotatable bonds is 6. The van der Waals surface area contributed by atoms with E-state index in [1.807, 2.05) is 25.1 Å². The maximum absolute atomic E-state index is 11.6. The smallest absolute Gasteiger partial charge is 0.233 e. The summed E-state index contributed by atoms with van der Waals surface area (Å²) in [5.74, 6) is -0.0240. The van der Waals surface area contributed by atoms with Gasteiger partial charge >= 0.3 is 0 Å². The number of nitrogens with zero attached hydrogens (tertiary/aromatic N) is 1. The quantitative estimate of drug-likeness (QED) is 0.576. The van der Waals surface area contributed by atoms with Crippen molar-refractivity contribution in [3.8, 4) is 0 Å². The third-order valence-corrected chi connectivity index (χ3v) is 2.99. The summed E-state index contributed by atoms with van der Waals surface area (Å²) in [6.07, 6.45) is 2.30. The molecule has 1 atom stereocenters. The number of aliphatic hydroxyl groups excluding tert-OH is 1. The summed E-state index contributed by atoms with van der Waals surface area (Å²) >= 11 is 1.42. The van der Waals surface area contributed by atoms with Gasteiger partial charge in [-0.2, -0.15) is 0 Å². The minimum absolute atomic E-state index is 0.0240. The molecule has 0 spiro atoms. The molecule has 0 bridgehead atoms. The fourth-order valence-corrected chi connectivity index (χ4v) is 1.92. The fraction of sp³-hybridized carbons (Fsp3) is 0.455. The van der Waals surface area contributed by atoms with E-state index in [-0.39, 0.29) is 17.8 Å². The van der Waals surface area contributed by atoms with Gasteiger partial charge in [-0.25, -0.2) is 4.98 Å². The number of carbonyl (C=O) groups excluding carboxylic acids is 1. The maximum atomic E-state index is 11.6. The Bertz CT molecular complexity index is 319. The second-order valence-corrected chi connectivity index (χ2v) is 4.66. The van der Waals surface area contributed by atoms with Gasteiger partial charge in [0.15, 0.2) is 0 Å². The van der Waals surface area contributed by atoms with Crippen LogP contribution in [0.2, 0.25) is 0 Å². The Morgan fingerprint density at radius 2 is 2.44 bits per heavy atom. The van der Waals surface area contributed by atoms with Gasteiger partial charge < -0.3 is 10.4 Å². The number of pyridine rings is 1. The Morgan fingerprint density at radius 3 is 3.06 bits per heavy atom. The summed E-state index contributed by atoms with van der Waals surface area (Å²) < 4.78 is 0. The molecule has 1 unspecified atom stereocenters. The zero-order chi connectivity index (χ0) is 11.8. The summed E-state index contributed by atoms with van der Waals surface area (Å²) in [7, 11) is 0. The molecule has 0 aliphatic rings. The zero-order valence-corrected chi connectivity index (χ0v) is 10.0. The molecule has 0 saturated carbocycles.